The number of pyridine rings is 1. The van der Waals surface area contributed by atoms with Crippen molar-refractivity contribution in [2.45, 2.75) is 11.8 Å². The van der Waals surface area contributed by atoms with Gasteiger partial charge < -0.3 is 5.43 Å². The lowest BCUT2D eigenvalue weighted by Gasteiger charge is -2.11. The molecule has 0 aliphatic heterocycles. The molecule has 106 valence electrons. The van der Waals surface area contributed by atoms with Crippen molar-refractivity contribution in [3.05, 3.63) is 46.6 Å². The van der Waals surface area contributed by atoms with Crippen LogP contribution in [0.4, 0.5) is 11.5 Å². The molecule has 0 saturated carbocycles. The number of benzene rings is 1. The molecule has 0 fully saturated rings. The summed E-state index contributed by atoms with van der Waals surface area (Å²) in [5.41, 5.74) is 3.68. The van der Waals surface area contributed by atoms with E-state index in [1.165, 1.54) is 18.3 Å². The van der Waals surface area contributed by atoms with Gasteiger partial charge in [-0.15, -0.1) is 0 Å². The number of nitrogens with zero attached hydrogens (tertiary/aromatic N) is 1. The van der Waals surface area contributed by atoms with Crippen molar-refractivity contribution >= 4 is 37.5 Å². The molecular weight excluding hydrogens is 344 g/mol. The fraction of sp³-hybridized carbons (Fsp3) is 0.0833. The van der Waals surface area contributed by atoms with Gasteiger partial charge in [0.25, 0.3) is 10.0 Å². The number of aromatic nitrogens is 1. The number of nitrogen functional groups attached to an aromatic ring is 1. The maximum atomic E-state index is 12.2. The van der Waals surface area contributed by atoms with E-state index in [2.05, 4.69) is 31.1 Å². The number of rotatable bonds is 4. The monoisotopic (exact) mass is 356 g/mol. The summed E-state index contributed by atoms with van der Waals surface area (Å²) in [7, 11) is -3.68. The third-order valence-electron chi connectivity index (χ3n) is 2.64. The minimum Gasteiger partial charge on any atom is -0.308 e. The van der Waals surface area contributed by atoms with Gasteiger partial charge in [-0.25, -0.2) is 19.2 Å². The zero-order valence-electron chi connectivity index (χ0n) is 10.6. The number of nitrogens with two attached hydrogens (primary N) is 1. The van der Waals surface area contributed by atoms with E-state index in [-0.39, 0.29) is 4.90 Å². The highest BCUT2D eigenvalue weighted by Crippen LogP contribution is 2.23. The van der Waals surface area contributed by atoms with Crippen LogP contribution < -0.4 is 16.0 Å². The normalized spacial score (nSPS) is 11.2. The number of hydrazine groups is 1. The molecule has 1 aromatic carbocycles. The van der Waals surface area contributed by atoms with Gasteiger partial charge in [-0.1, -0.05) is 22.0 Å². The topological polar surface area (TPSA) is 97.1 Å². The number of hydrogen-bond acceptors (Lipinski definition) is 5. The number of aryl methyl sites for hydroxylation is 1. The summed E-state index contributed by atoms with van der Waals surface area (Å²) in [5, 5.41) is 0. The Balaban J connectivity index is 2.32. The maximum absolute atomic E-state index is 12.2. The lowest BCUT2D eigenvalue weighted by atomic mass is 10.2. The zero-order valence-corrected chi connectivity index (χ0v) is 13.0. The molecule has 0 saturated heterocycles. The zero-order chi connectivity index (χ0) is 14.8. The molecular formula is C12H13BrN4O2S. The van der Waals surface area contributed by atoms with E-state index in [1.807, 2.05) is 19.1 Å². The highest BCUT2D eigenvalue weighted by Gasteiger charge is 2.15. The molecule has 0 bridgehead atoms. The first-order chi connectivity index (χ1) is 9.42. The van der Waals surface area contributed by atoms with Gasteiger partial charge >= 0.3 is 0 Å². The molecule has 20 heavy (non-hydrogen) atoms. The van der Waals surface area contributed by atoms with Gasteiger partial charge in [-0.3, -0.25) is 4.72 Å². The highest BCUT2D eigenvalue weighted by molar-refractivity contribution is 9.10. The molecule has 0 aliphatic carbocycles. The van der Waals surface area contributed by atoms with Crippen LogP contribution in [-0.2, 0) is 10.0 Å². The van der Waals surface area contributed by atoms with Gasteiger partial charge in [0.1, 0.15) is 10.7 Å². The standard InChI is InChI=1S/C12H13BrN4O2S/c1-8-2-3-9(13)6-11(8)17-20(18,19)10-4-5-12(16-14)15-7-10/h2-7,17H,14H2,1H3,(H,15,16). The van der Waals surface area contributed by atoms with Crippen molar-refractivity contribution in [2.75, 3.05) is 10.1 Å². The summed E-state index contributed by atoms with van der Waals surface area (Å²) in [5.74, 6) is 5.58. The van der Waals surface area contributed by atoms with Crippen LogP contribution >= 0.6 is 15.9 Å². The summed E-state index contributed by atoms with van der Waals surface area (Å²) in [6.45, 7) is 1.82. The molecule has 1 aromatic heterocycles. The van der Waals surface area contributed by atoms with Crippen molar-refractivity contribution in [3.8, 4) is 0 Å². The summed E-state index contributed by atoms with van der Waals surface area (Å²) >= 11 is 3.31. The third kappa shape index (κ3) is 3.27. The summed E-state index contributed by atoms with van der Waals surface area (Å²) in [4.78, 5) is 3.95. The average molecular weight is 357 g/mol. The largest absolute Gasteiger partial charge is 0.308 e. The van der Waals surface area contributed by atoms with E-state index in [1.54, 1.807) is 6.07 Å². The van der Waals surface area contributed by atoms with Gasteiger partial charge in [0, 0.05) is 10.7 Å². The molecule has 8 heteroatoms. The fourth-order valence-electron chi connectivity index (χ4n) is 1.53. The van der Waals surface area contributed by atoms with Gasteiger partial charge in [0.15, 0.2) is 0 Å². The number of halogens is 1. The van der Waals surface area contributed by atoms with Crippen molar-refractivity contribution in [1.82, 2.24) is 4.98 Å². The molecule has 4 N–H and O–H groups in total. The Morgan fingerprint density at radius 1 is 1.25 bits per heavy atom. The Bertz CT molecular complexity index is 717. The molecule has 0 radical (unpaired) electrons. The van der Waals surface area contributed by atoms with Gasteiger partial charge in [-0.2, -0.15) is 0 Å². The molecule has 1 heterocycles. The first-order valence-corrected chi connectivity index (χ1v) is 7.91. The van der Waals surface area contributed by atoms with Crippen LogP contribution in [0.1, 0.15) is 5.56 Å². The first-order valence-electron chi connectivity index (χ1n) is 5.64. The van der Waals surface area contributed by atoms with Crippen LogP contribution in [0, 0.1) is 6.92 Å². The molecule has 0 unspecified atom stereocenters. The van der Waals surface area contributed by atoms with Gasteiger partial charge in [0.2, 0.25) is 0 Å². The maximum Gasteiger partial charge on any atom is 0.263 e. The Morgan fingerprint density at radius 3 is 2.60 bits per heavy atom. The number of nitrogens with one attached hydrogen (secondary N) is 2. The Hall–Kier alpha value is -1.64. The third-order valence-corrected chi connectivity index (χ3v) is 4.48. The van der Waals surface area contributed by atoms with E-state index >= 15 is 0 Å². The first kappa shape index (κ1) is 14.8. The van der Waals surface area contributed by atoms with Crippen molar-refractivity contribution in [2.24, 2.45) is 5.84 Å². The predicted octanol–water partition coefficient (Wildman–Crippen LogP) is 2.24. The highest BCUT2D eigenvalue weighted by atomic mass is 79.9. The molecule has 2 aromatic rings. The van der Waals surface area contributed by atoms with Crippen molar-refractivity contribution in [3.63, 3.8) is 0 Å². The second-order valence-electron chi connectivity index (χ2n) is 4.09. The minimum absolute atomic E-state index is 0.0656. The molecule has 0 atom stereocenters. The molecule has 0 spiro atoms. The summed E-state index contributed by atoms with van der Waals surface area (Å²) < 4.78 is 27.8. The van der Waals surface area contributed by atoms with Crippen LogP contribution in [0.15, 0.2) is 45.9 Å². The van der Waals surface area contributed by atoms with E-state index < -0.39 is 10.0 Å². The Labute approximate surface area is 125 Å². The quantitative estimate of drug-likeness (QED) is 0.576. The van der Waals surface area contributed by atoms with Crippen LogP contribution in [-0.4, -0.2) is 13.4 Å². The lowest BCUT2D eigenvalue weighted by molar-refractivity contribution is 0.601. The van der Waals surface area contributed by atoms with Gasteiger partial charge in [0.05, 0.1) is 5.69 Å². The van der Waals surface area contributed by atoms with Gasteiger partial charge in [-0.05, 0) is 36.8 Å². The summed E-state index contributed by atoms with van der Waals surface area (Å²) in [6, 6.07) is 8.29. The van der Waals surface area contributed by atoms with Crippen LogP contribution in [0.5, 0.6) is 0 Å². The second-order valence-corrected chi connectivity index (χ2v) is 6.69. The van der Waals surface area contributed by atoms with E-state index in [9.17, 15) is 8.42 Å². The minimum atomic E-state index is -3.68. The van der Waals surface area contributed by atoms with E-state index in [0.717, 1.165) is 10.0 Å². The molecule has 6 nitrogen and oxygen atoms in total. The molecule has 0 aliphatic rings. The van der Waals surface area contributed by atoms with Crippen molar-refractivity contribution < 1.29 is 8.42 Å². The summed E-state index contributed by atoms with van der Waals surface area (Å²) in [6.07, 6.45) is 1.24. The van der Waals surface area contributed by atoms with Crippen molar-refractivity contribution in [1.29, 1.82) is 0 Å². The molecule has 0 amide bonds. The Kier molecular flexibility index (Phi) is 4.26. The smallest absolute Gasteiger partial charge is 0.263 e. The van der Waals surface area contributed by atoms with Crippen LogP contribution in [0.2, 0.25) is 0 Å². The fourth-order valence-corrected chi connectivity index (χ4v) is 2.96. The number of hydrogen-bond donors (Lipinski definition) is 3. The lowest BCUT2D eigenvalue weighted by Crippen LogP contribution is -2.15. The van der Waals surface area contributed by atoms with Crippen LogP contribution in [0.25, 0.3) is 0 Å². The molecule has 2 rings (SSSR count). The SMILES string of the molecule is Cc1ccc(Br)cc1NS(=O)(=O)c1ccc(NN)nc1. The number of sulfonamides is 1. The van der Waals surface area contributed by atoms with E-state index in [4.69, 9.17) is 5.84 Å². The average Bonchev–Trinajstić information content (AvgIpc) is 2.43. The predicted molar refractivity (Wildman–Crippen MR) is 81.7 cm³/mol. The van der Waals surface area contributed by atoms with E-state index in [0.29, 0.717) is 11.5 Å². The second kappa shape index (κ2) is 5.78. The van der Waals surface area contributed by atoms with Crippen LogP contribution in [0.3, 0.4) is 0 Å². The Morgan fingerprint density at radius 2 is 2.00 bits per heavy atom. The number of anilines is 2.